The number of benzene rings is 2. The number of amides is 3. The number of carbonyl (C=O) groups is 3. The number of piperidine rings is 2. The Labute approximate surface area is 348 Å². The minimum absolute atomic E-state index is 0.155. The average molecular weight is 820 g/mol. The maximum atomic E-state index is 13.4. The number of carbonyl (C=O) groups excluding carboxylic acids is 3. The second-order valence-corrected chi connectivity index (χ2v) is 18.0. The molecule has 5 heterocycles. The molecule has 1 atom stereocenters. The quantitative estimate of drug-likeness (QED) is 0.220. The standard InChI is InChI=1S/C44H50ClN9O5/c1-43(2)41(44(3,4)42(43)59-32-8-5-28(23-46)34(45)22-32)50-38(56)35-10-7-31(25-47-35)52-15-13-27(14-16-52)26-51-17-19-53(20-18-51)30-6-9-33-29(21-30)24-48-54(40(33)58)36-11-12-37(55)49-39(36)57/h5-10,21-22,24-25,27,36,41-42H,11-20,26H2,1-4H3,(H,50,56)(H,49,55,57)/t36-,41?,42?/m0/s1. The summed E-state index contributed by atoms with van der Waals surface area (Å²) < 4.78 is 7.57. The topological polar surface area (TPSA) is 166 Å². The number of nitrogens with one attached hydrogen (secondary N) is 2. The zero-order valence-electron chi connectivity index (χ0n) is 33.9. The van der Waals surface area contributed by atoms with Crippen molar-refractivity contribution in [1.29, 1.82) is 5.26 Å². The lowest BCUT2D eigenvalue weighted by Crippen LogP contribution is -2.74. The van der Waals surface area contributed by atoms with Crippen molar-refractivity contribution in [1.82, 2.24) is 30.3 Å². The number of pyridine rings is 1. The Hall–Kier alpha value is -5.52. The van der Waals surface area contributed by atoms with Crippen LogP contribution >= 0.6 is 11.6 Å². The summed E-state index contributed by atoms with van der Waals surface area (Å²) >= 11 is 6.25. The van der Waals surface area contributed by atoms with E-state index in [-0.39, 0.29) is 53.2 Å². The van der Waals surface area contributed by atoms with Crippen molar-refractivity contribution in [3.63, 3.8) is 0 Å². The fraction of sp³-hybridized carbons (Fsp3) is 0.477. The average Bonchev–Trinajstić information content (AvgIpc) is 3.22. The summed E-state index contributed by atoms with van der Waals surface area (Å²) in [5.74, 6) is 0.163. The van der Waals surface area contributed by atoms with Gasteiger partial charge in [-0.15, -0.1) is 0 Å². The third kappa shape index (κ3) is 7.85. The molecule has 4 aromatic rings. The SMILES string of the molecule is CC1(C)C(NC(=O)c2ccc(N3CCC(CN4CCN(c5ccc6c(=O)n([C@H]7CCC(=O)NC7=O)ncc6c5)CC4)CC3)cn2)C(C)(C)C1Oc1ccc(C#N)c(Cl)c1. The highest BCUT2D eigenvalue weighted by Crippen LogP contribution is 2.55. The molecule has 0 bridgehead atoms. The van der Waals surface area contributed by atoms with Crippen LogP contribution in [0.15, 0.2) is 65.7 Å². The van der Waals surface area contributed by atoms with Crippen LogP contribution in [0.1, 0.15) is 75.5 Å². The first-order valence-corrected chi connectivity index (χ1v) is 20.8. The van der Waals surface area contributed by atoms with Gasteiger partial charge in [0.25, 0.3) is 17.4 Å². The largest absolute Gasteiger partial charge is 0.489 e. The van der Waals surface area contributed by atoms with E-state index in [0.717, 1.165) is 75.4 Å². The van der Waals surface area contributed by atoms with Crippen molar-refractivity contribution < 1.29 is 19.1 Å². The van der Waals surface area contributed by atoms with E-state index in [4.69, 9.17) is 16.3 Å². The molecule has 0 unspecified atom stereocenters. The Morgan fingerprint density at radius 2 is 1.63 bits per heavy atom. The highest BCUT2D eigenvalue weighted by atomic mass is 35.5. The van der Waals surface area contributed by atoms with Gasteiger partial charge in [0.15, 0.2) is 0 Å². The summed E-state index contributed by atoms with van der Waals surface area (Å²) in [5, 5.41) is 20.6. The number of hydrogen-bond acceptors (Lipinski definition) is 11. The number of hydrogen-bond donors (Lipinski definition) is 2. The van der Waals surface area contributed by atoms with Crippen LogP contribution in [0.5, 0.6) is 5.75 Å². The molecule has 0 radical (unpaired) electrons. The molecule has 0 spiro atoms. The van der Waals surface area contributed by atoms with E-state index in [2.05, 4.69) is 69.2 Å². The maximum Gasteiger partial charge on any atom is 0.275 e. The van der Waals surface area contributed by atoms with Crippen LogP contribution in [0, 0.1) is 28.1 Å². The van der Waals surface area contributed by atoms with Crippen molar-refractivity contribution >= 4 is 51.5 Å². The van der Waals surface area contributed by atoms with Gasteiger partial charge in [-0.3, -0.25) is 29.4 Å². The van der Waals surface area contributed by atoms with E-state index < -0.39 is 11.9 Å². The van der Waals surface area contributed by atoms with Gasteiger partial charge in [-0.25, -0.2) is 9.67 Å². The van der Waals surface area contributed by atoms with Gasteiger partial charge in [-0.1, -0.05) is 39.3 Å². The van der Waals surface area contributed by atoms with Crippen LogP contribution in [0.2, 0.25) is 5.02 Å². The Bertz CT molecular complexity index is 2360. The molecule has 2 aromatic carbocycles. The number of anilines is 2. The first kappa shape index (κ1) is 40.3. The van der Waals surface area contributed by atoms with Crippen LogP contribution < -0.4 is 30.7 Å². The molecule has 1 aliphatic carbocycles. The molecule has 4 aliphatic rings. The van der Waals surface area contributed by atoms with Gasteiger partial charge < -0.3 is 19.9 Å². The molecule has 14 nitrogen and oxygen atoms in total. The van der Waals surface area contributed by atoms with Crippen molar-refractivity contribution in [2.45, 2.75) is 71.6 Å². The fourth-order valence-corrected chi connectivity index (χ4v) is 10.1. The third-order valence-electron chi connectivity index (χ3n) is 12.9. The number of rotatable bonds is 9. The Balaban J connectivity index is 0.792. The van der Waals surface area contributed by atoms with Gasteiger partial charge in [-0.2, -0.15) is 10.4 Å². The van der Waals surface area contributed by atoms with Gasteiger partial charge >= 0.3 is 0 Å². The van der Waals surface area contributed by atoms with E-state index in [1.165, 1.54) is 4.68 Å². The summed E-state index contributed by atoms with van der Waals surface area (Å²) in [5.41, 5.74) is 1.77. The minimum atomic E-state index is -0.784. The second kappa shape index (κ2) is 15.9. The summed E-state index contributed by atoms with van der Waals surface area (Å²) in [6, 6.07) is 15.8. The first-order valence-electron chi connectivity index (χ1n) is 20.4. The van der Waals surface area contributed by atoms with Crippen LogP contribution in [0.25, 0.3) is 10.8 Å². The van der Waals surface area contributed by atoms with E-state index in [9.17, 15) is 24.4 Å². The molecular weight excluding hydrogens is 770 g/mol. The molecule has 59 heavy (non-hydrogen) atoms. The maximum absolute atomic E-state index is 13.4. The molecule has 3 amide bonds. The molecule has 2 aromatic heterocycles. The van der Waals surface area contributed by atoms with Gasteiger partial charge in [0.2, 0.25) is 5.91 Å². The summed E-state index contributed by atoms with van der Waals surface area (Å²) in [7, 11) is 0. The van der Waals surface area contributed by atoms with Crippen LogP contribution in [-0.2, 0) is 9.59 Å². The van der Waals surface area contributed by atoms with E-state index in [0.29, 0.717) is 33.3 Å². The minimum Gasteiger partial charge on any atom is -0.489 e. The van der Waals surface area contributed by atoms with Gasteiger partial charge in [0, 0.05) is 86.2 Å². The molecule has 3 aliphatic heterocycles. The number of halogens is 1. The van der Waals surface area contributed by atoms with Crippen molar-refractivity contribution in [2.75, 3.05) is 55.6 Å². The van der Waals surface area contributed by atoms with E-state index >= 15 is 0 Å². The molecule has 1 saturated carbocycles. The predicted molar refractivity (Wildman–Crippen MR) is 225 cm³/mol. The fourth-order valence-electron chi connectivity index (χ4n) is 9.92. The summed E-state index contributed by atoms with van der Waals surface area (Å²) in [4.78, 5) is 62.5. The smallest absolute Gasteiger partial charge is 0.275 e. The number of imide groups is 1. The Morgan fingerprint density at radius 3 is 2.29 bits per heavy atom. The van der Waals surface area contributed by atoms with Crippen molar-refractivity contribution in [3.05, 3.63) is 87.6 Å². The number of piperazine rings is 1. The van der Waals surface area contributed by atoms with Crippen molar-refractivity contribution in [3.8, 4) is 11.8 Å². The molecular formula is C44H50ClN9O5. The van der Waals surface area contributed by atoms with Gasteiger partial charge in [0.1, 0.15) is 29.7 Å². The Morgan fingerprint density at radius 1 is 0.915 bits per heavy atom. The van der Waals surface area contributed by atoms with Gasteiger partial charge in [0.05, 0.1) is 34.1 Å². The van der Waals surface area contributed by atoms with Crippen LogP contribution in [0.3, 0.4) is 0 Å². The van der Waals surface area contributed by atoms with Crippen molar-refractivity contribution in [2.24, 2.45) is 16.7 Å². The zero-order chi connectivity index (χ0) is 41.6. The summed E-state index contributed by atoms with van der Waals surface area (Å²) in [6.07, 6.45) is 5.86. The first-order chi connectivity index (χ1) is 28.2. The number of nitrogens with zero attached hydrogens (tertiary/aromatic N) is 7. The van der Waals surface area contributed by atoms with Crippen LogP contribution in [-0.4, -0.2) is 95.3 Å². The molecule has 4 fully saturated rings. The third-order valence-corrected chi connectivity index (χ3v) is 13.3. The lowest BCUT2D eigenvalue weighted by molar-refractivity contribution is -0.164. The molecule has 308 valence electrons. The van der Waals surface area contributed by atoms with E-state index in [1.807, 2.05) is 36.5 Å². The highest BCUT2D eigenvalue weighted by molar-refractivity contribution is 6.31. The number of ether oxygens (including phenoxy) is 1. The Kier molecular flexibility index (Phi) is 10.9. The van der Waals surface area contributed by atoms with Gasteiger partial charge in [-0.05, 0) is 67.6 Å². The second-order valence-electron chi connectivity index (χ2n) is 17.6. The molecule has 15 heteroatoms. The highest BCUT2D eigenvalue weighted by Gasteiger charge is 2.64. The normalized spacial score (nSPS) is 23.3. The number of aromatic nitrogens is 3. The zero-order valence-corrected chi connectivity index (χ0v) is 34.7. The van der Waals surface area contributed by atoms with E-state index in [1.54, 1.807) is 24.4 Å². The number of fused-ring (bicyclic) bond motifs is 1. The molecule has 3 saturated heterocycles. The lowest BCUT2D eigenvalue weighted by atomic mass is 9.49. The monoisotopic (exact) mass is 819 g/mol. The predicted octanol–water partition coefficient (Wildman–Crippen LogP) is 4.94. The molecule has 2 N–H and O–H groups in total. The lowest BCUT2D eigenvalue weighted by Gasteiger charge is -2.63. The summed E-state index contributed by atoms with van der Waals surface area (Å²) in [6.45, 7) is 14.9. The molecule has 8 rings (SSSR count). The number of nitriles is 1. The van der Waals surface area contributed by atoms with Crippen LogP contribution in [0.4, 0.5) is 11.4 Å².